The standard InChI is InChI=1S/C17H17N5OS/c1-21-5-6-22-14(9-21)8-15(20-22)12-3-2-4-13(7-12)16-10-24-17(19-16)18-11-23/h2-4,7-8,10-11H,5-6,9H2,1H3,(H,18,19,23). The molecule has 0 unspecified atom stereocenters. The Morgan fingerprint density at radius 2 is 2.04 bits per heavy atom. The molecule has 0 fully saturated rings. The van der Waals surface area contributed by atoms with Crippen LogP contribution in [0.3, 0.4) is 0 Å². The molecule has 0 radical (unpaired) electrons. The minimum atomic E-state index is 0.603. The molecule has 1 aliphatic rings. The molecule has 0 saturated carbocycles. The van der Waals surface area contributed by atoms with Gasteiger partial charge in [-0.3, -0.25) is 14.4 Å². The van der Waals surface area contributed by atoms with E-state index in [9.17, 15) is 4.79 Å². The number of fused-ring (bicyclic) bond motifs is 1. The number of amides is 1. The van der Waals surface area contributed by atoms with Crippen LogP contribution in [0, 0.1) is 0 Å². The van der Waals surface area contributed by atoms with Crippen LogP contribution in [-0.4, -0.2) is 39.7 Å². The molecule has 122 valence electrons. The van der Waals surface area contributed by atoms with Crippen molar-refractivity contribution in [2.75, 3.05) is 18.9 Å². The highest BCUT2D eigenvalue weighted by Crippen LogP contribution is 2.29. The van der Waals surface area contributed by atoms with Crippen LogP contribution in [0.1, 0.15) is 5.69 Å². The van der Waals surface area contributed by atoms with Gasteiger partial charge in [0.25, 0.3) is 0 Å². The van der Waals surface area contributed by atoms with Gasteiger partial charge in [0.1, 0.15) is 0 Å². The Hall–Kier alpha value is -2.51. The SMILES string of the molecule is CN1CCn2nc(-c3cccc(-c4csc(NC=O)n4)c3)cc2C1. The third-order valence-electron chi connectivity index (χ3n) is 4.13. The van der Waals surface area contributed by atoms with Crippen LogP contribution >= 0.6 is 11.3 Å². The molecule has 24 heavy (non-hydrogen) atoms. The van der Waals surface area contributed by atoms with E-state index >= 15 is 0 Å². The maximum atomic E-state index is 10.5. The normalized spacial score (nSPS) is 14.4. The summed E-state index contributed by atoms with van der Waals surface area (Å²) in [5.41, 5.74) is 5.19. The van der Waals surface area contributed by atoms with Crippen molar-refractivity contribution in [1.82, 2.24) is 19.7 Å². The van der Waals surface area contributed by atoms with Gasteiger partial charge in [0.15, 0.2) is 5.13 Å². The molecule has 0 spiro atoms. The van der Waals surface area contributed by atoms with E-state index in [1.807, 2.05) is 17.5 Å². The minimum Gasteiger partial charge on any atom is -0.305 e. The maximum absolute atomic E-state index is 10.5. The van der Waals surface area contributed by atoms with Gasteiger partial charge in [-0.15, -0.1) is 11.3 Å². The lowest BCUT2D eigenvalue weighted by atomic mass is 10.1. The molecule has 4 rings (SSSR count). The fourth-order valence-corrected chi connectivity index (χ4v) is 3.58. The third kappa shape index (κ3) is 2.83. The molecule has 1 aliphatic heterocycles. The smallest absolute Gasteiger partial charge is 0.213 e. The first-order chi connectivity index (χ1) is 11.7. The zero-order chi connectivity index (χ0) is 16.5. The quantitative estimate of drug-likeness (QED) is 0.742. The molecule has 2 aromatic heterocycles. The van der Waals surface area contributed by atoms with Gasteiger partial charge < -0.3 is 5.32 Å². The maximum Gasteiger partial charge on any atom is 0.213 e. The van der Waals surface area contributed by atoms with Gasteiger partial charge in [0, 0.05) is 29.6 Å². The van der Waals surface area contributed by atoms with Gasteiger partial charge in [-0.2, -0.15) is 5.10 Å². The first-order valence-corrected chi connectivity index (χ1v) is 8.63. The van der Waals surface area contributed by atoms with E-state index < -0.39 is 0 Å². The van der Waals surface area contributed by atoms with E-state index in [2.05, 4.69) is 45.1 Å². The molecule has 1 amide bonds. The molecule has 0 aliphatic carbocycles. The summed E-state index contributed by atoms with van der Waals surface area (Å²) in [5, 5.41) is 9.87. The second kappa shape index (κ2) is 6.18. The van der Waals surface area contributed by atoms with Crippen LogP contribution in [0.4, 0.5) is 5.13 Å². The second-order valence-electron chi connectivity index (χ2n) is 5.86. The number of carbonyl (C=O) groups is 1. The van der Waals surface area contributed by atoms with Crippen molar-refractivity contribution in [3.8, 4) is 22.5 Å². The van der Waals surface area contributed by atoms with E-state index in [0.717, 1.165) is 42.1 Å². The molecule has 0 bridgehead atoms. The number of thiazole rings is 1. The first-order valence-electron chi connectivity index (χ1n) is 7.75. The molecule has 3 heterocycles. The summed E-state index contributed by atoms with van der Waals surface area (Å²) in [7, 11) is 2.13. The summed E-state index contributed by atoms with van der Waals surface area (Å²) >= 11 is 1.41. The van der Waals surface area contributed by atoms with Crippen molar-refractivity contribution in [1.29, 1.82) is 0 Å². The highest BCUT2D eigenvalue weighted by Gasteiger charge is 2.16. The zero-order valence-corrected chi connectivity index (χ0v) is 14.1. The van der Waals surface area contributed by atoms with E-state index in [1.165, 1.54) is 17.0 Å². The van der Waals surface area contributed by atoms with Gasteiger partial charge in [-0.1, -0.05) is 18.2 Å². The molecule has 0 atom stereocenters. The van der Waals surface area contributed by atoms with E-state index in [-0.39, 0.29) is 0 Å². The number of benzene rings is 1. The molecule has 0 saturated heterocycles. The van der Waals surface area contributed by atoms with E-state index in [0.29, 0.717) is 11.5 Å². The number of carbonyl (C=O) groups excluding carboxylic acids is 1. The lowest BCUT2D eigenvalue weighted by Crippen LogP contribution is -2.30. The summed E-state index contributed by atoms with van der Waals surface area (Å²) in [4.78, 5) is 17.2. The predicted octanol–water partition coefficient (Wildman–Crippen LogP) is 2.69. The van der Waals surface area contributed by atoms with Gasteiger partial charge in [-0.25, -0.2) is 4.98 Å². The molecule has 7 heteroatoms. The van der Waals surface area contributed by atoms with Crippen LogP contribution < -0.4 is 5.32 Å². The van der Waals surface area contributed by atoms with Crippen LogP contribution in [-0.2, 0) is 17.9 Å². The van der Waals surface area contributed by atoms with Gasteiger partial charge >= 0.3 is 0 Å². The average molecular weight is 339 g/mol. The lowest BCUT2D eigenvalue weighted by Gasteiger charge is -2.22. The average Bonchev–Trinajstić information content (AvgIpc) is 3.22. The monoisotopic (exact) mass is 339 g/mol. The summed E-state index contributed by atoms with van der Waals surface area (Å²) in [5.74, 6) is 0. The number of rotatable bonds is 4. The molecular weight excluding hydrogens is 322 g/mol. The first kappa shape index (κ1) is 15.0. The van der Waals surface area contributed by atoms with E-state index in [1.54, 1.807) is 0 Å². The number of likely N-dealkylation sites (N-methyl/N-ethyl adjacent to an activating group) is 1. The summed E-state index contributed by atoms with van der Waals surface area (Å²) in [6.45, 7) is 2.89. The topological polar surface area (TPSA) is 63.1 Å². The third-order valence-corrected chi connectivity index (χ3v) is 4.90. The lowest BCUT2D eigenvalue weighted by molar-refractivity contribution is -0.105. The summed E-state index contributed by atoms with van der Waals surface area (Å²) in [6, 6.07) is 10.4. The van der Waals surface area contributed by atoms with E-state index in [4.69, 9.17) is 5.10 Å². The van der Waals surface area contributed by atoms with Gasteiger partial charge in [-0.05, 0) is 19.2 Å². The molecule has 3 aromatic rings. The predicted molar refractivity (Wildman–Crippen MR) is 94.8 cm³/mol. The number of hydrogen-bond donors (Lipinski definition) is 1. The highest BCUT2D eigenvalue weighted by molar-refractivity contribution is 7.14. The Labute approximate surface area is 143 Å². The molecule has 1 N–H and O–H groups in total. The number of aromatic nitrogens is 3. The number of nitrogens with zero attached hydrogens (tertiary/aromatic N) is 4. The molecular formula is C17H17N5OS. The minimum absolute atomic E-state index is 0.603. The van der Waals surface area contributed by atoms with Crippen LogP contribution in [0.2, 0.25) is 0 Å². The Morgan fingerprint density at radius 1 is 1.21 bits per heavy atom. The Balaban J connectivity index is 1.66. The largest absolute Gasteiger partial charge is 0.305 e. The van der Waals surface area contributed by atoms with Crippen LogP contribution in [0.15, 0.2) is 35.7 Å². The fourth-order valence-electron chi connectivity index (χ4n) is 2.90. The Morgan fingerprint density at radius 3 is 2.88 bits per heavy atom. The van der Waals surface area contributed by atoms with Gasteiger partial charge in [0.2, 0.25) is 6.41 Å². The van der Waals surface area contributed by atoms with Crippen molar-refractivity contribution < 1.29 is 4.79 Å². The van der Waals surface area contributed by atoms with Gasteiger partial charge in [0.05, 0.1) is 23.6 Å². The van der Waals surface area contributed by atoms with Crippen molar-refractivity contribution in [3.05, 3.63) is 41.4 Å². The number of hydrogen-bond acceptors (Lipinski definition) is 5. The van der Waals surface area contributed by atoms with Crippen molar-refractivity contribution >= 4 is 22.9 Å². The Bertz CT molecular complexity index is 885. The van der Waals surface area contributed by atoms with Crippen molar-refractivity contribution in [3.63, 3.8) is 0 Å². The van der Waals surface area contributed by atoms with Crippen LogP contribution in [0.25, 0.3) is 22.5 Å². The summed E-state index contributed by atoms with van der Waals surface area (Å²) in [6.07, 6.45) is 0.645. The second-order valence-corrected chi connectivity index (χ2v) is 6.72. The number of anilines is 1. The number of nitrogens with one attached hydrogen (secondary N) is 1. The highest BCUT2D eigenvalue weighted by atomic mass is 32.1. The van der Waals surface area contributed by atoms with Crippen LogP contribution in [0.5, 0.6) is 0 Å². The summed E-state index contributed by atoms with van der Waals surface area (Å²) < 4.78 is 2.09. The molecule has 1 aromatic carbocycles. The van der Waals surface area contributed by atoms with Crippen molar-refractivity contribution in [2.24, 2.45) is 0 Å². The Kier molecular flexibility index (Phi) is 3.87. The zero-order valence-electron chi connectivity index (χ0n) is 13.3. The fraction of sp³-hybridized carbons (Fsp3) is 0.235. The molecule has 6 nitrogen and oxygen atoms in total. The van der Waals surface area contributed by atoms with Crippen molar-refractivity contribution in [2.45, 2.75) is 13.1 Å².